The summed E-state index contributed by atoms with van der Waals surface area (Å²) in [6.45, 7) is 8.00. The number of hydrogen-bond donors (Lipinski definition) is 1. The number of hydrogen-bond acceptors (Lipinski definition) is 2. The molecule has 0 aromatic carbocycles. The lowest BCUT2D eigenvalue weighted by molar-refractivity contribution is -0.142. The standard InChI is InChI=1S/C13H24N2O.ClH/c1-3-15(9-11-5-6-11)12(16)13(2)7-4-8-14-10-13;/h11,14H,3-10H2,1-2H3;1H. The normalized spacial score (nSPS) is 28.4. The van der Waals surface area contributed by atoms with Gasteiger partial charge in [-0.2, -0.15) is 0 Å². The van der Waals surface area contributed by atoms with Crippen LogP contribution in [-0.2, 0) is 4.79 Å². The molecular formula is C13H25ClN2O. The molecule has 1 saturated carbocycles. The summed E-state index contributed by atoms with van der Waals surface area (Å²) < 4.78 is 0. The van der Waals surface area contributed by atoms with Crippen molar-refractivity contribution in [3.63, 3.8) is 0 Å². The summed E-state index contributed by atoms with van der Waals surface area (Å²) in [5.74, 6) is 1.16. The zero-order chi connectivity index (χ0) is 11.6. The average molecular weight is 261 g/mol. The van der Waals surface area contributed by atoms with Gasteiger partial charge >= 0.3 is 0 Å². The van der Waals surface area contributed by atoms with E-state index in [1.807, 2.05) is 0 Å². The average Bonchev–Trinajstić information content (AvgIpc) is 3.10. The Morgan fingerprint density at radius 2 is 2.18 bits per heavy atom. The van der Waals surface area contributed by atoms with Crippen LogP contribution in [-0.4, -0.2) is 37.0 Å². The minimum absolute atomic E-state index is 0. The van der Waals surface area contributed by atoms with Crippen molar-refractivity contribution in [2.24, 2.45) is 11.3 Å². The van der Waals surface area contributed by atoms with Crippen LogP contribution in [0.25, 0.3) is 0 Å². The minimum atomic E-state index is -0.150. The molecule has 1 aliphatic heterocycles. The summed E-state index contributed by atoms with van der Waals surface area (Å²) in [5, 5.41) is 3.36. The SMILES string of the molecule is CCN(CC1CC1)C(=O)C1(C)CCCNC1.Cl. The van der Waals surface area contributed by atoms with E-state index < -0.39 is 0 Å². The molecule has 17 heavy (non-hydrogen) atoms. The Morgan fingerprint density at radius 3 is 2.65 bits per heavy atom. The van der Waals surface area contributed by atoms with Crippen molar-refractivity contribution in [2.75, 3.05) is 26.2 Å². The molecule has 2 rings (SSSR count). The molecule has 0 aromatic rings. The fourth-order valence-electron chi connectivity index (χ4n) is 2.59. The summed E-state index contributed by atoms with van der Waals surface area (Å²) in [4.78, 5) is 14.6. The molecule has 1 unspecified atom stereocenters. The van der Waals surface area contributed by atoms with Crippen molar-refractivity contribution in [1.82, 2.24) is 10.2 Å². The largest absolute Gasteiger partial charge is 0.342 e. The Hall–Kier alpha value is -0.280. The van der Waals surface area contributed by atoms with Crippen LogP contribution < -0.4 is 5.32 Å². The molecule has 2 aliphatic rings. The third-order valence-corrected chi connectivity index (χ3v) is 3.96. The molecule has 1 atom stereocenters. The molecular weight excluding hydrogens is 236 g/mol. The maximum absolute atomic E-state index is 12.5. The fraction of sp³-hybridized carbons (Fsp3) is 0.923. The second-order valence-electron chi connectivity index (χ2n) is 5.63. The number of piperidine rings is 1. The minimum Gasteiger partial charge on any atom is -0.342 e. The van der Waals surface area contributed by atoms with E-state index in [2.05, 4.69) is 24.1 Å². The number of carbonyl (C=O) groups excluding carboxylic acids is 1. The number of rotatable bonds is 4. The molecule has 1 amide bonds. The highest BCUT2D eigenvalue weighted by Crippen LogP contribution is 2.33. The van der Waals surface area contributed by atoms with E-state index in [0.717, 1.165) is 44.9 Å². The molecule has 0 bridgehead atoms. The molecule has 0 radical (unpaired) electrons. The molecule has 0 aromatic heterocycles. The summed E-state index contributed by atoms with van der Waals surface area (Å²) in [5.41, 5.74) is -0.150. The first kappa shape index (κ1) is 14.8. The molecule has 4 heteroatoms. The Morgan fingerprint density at radius 1 is 1.47 bits per heavy atom. The third-order valence-electron chi connectivity index (χ3n) is 3.96. The number of nitrogens with one attached hydrogen (secondary N) is 1. The van der Waals surface area contributed by atoms with Crippen molar-refractivity contribution < 1.29 is 4.79 Å². The van der Waals surface area contributed by atoms with E-state index in [1.54, 1.807) is 0 Å². The molecule has 1 heterocycles. The lowest BCUT2D eigenvalue weighted by atomic mass is 9.81. The van der Waals surface area contributed by atoms with Gasteiger partial charge in [-0.1, -0.05) is 0 Å². The van der Waals surface area contributed by atoms with Gasteiger partial charge in [0.15, 0.2) is 0 Å². The van der Waals surface area contributed by atoms with Gasteiger partial charge in [-0.25, -0.2) is 0 Å². The van der Waals surface area contributed by atoms with Gasteiger partial charge in [-0.15, -0.1) is 12.4 Å². The first-order valence-corrected chi connectivity index (χ1v) is 6.66. The Bertz CT molecular complexity index is 260. The van der Waals surface area contributed by atoms with Crippen molar-refractivity contribution in [3.8, 4) is 0 Å². The van der Waals surface area contributed by atoms with Gasteiger partial charge in [0.25, 0.3) is 0 Å². The Kier molecular flexibility index (Phi) is 5.26. The van der Waals surface area contributed by atoms with Crippen LogP contribution in [0.1, 0.15) is 39.5 Å². The fourth-order valence-corrected chi connectivity index (χ4v) is 2.59. The van der Waals surface area contributed by atoms with E-state index in [0.29, 0.717) is 5.91 Å². The second kappa shape index (κ2) is 6.05. The first-order valence-electron chi connectivity index (χ1n) is 6.66. The summed E-state index contributed by atoms with van der Waals surface area (Å²) in [6, 6.07) is 0. The highest BCUT2D eigenvalue weighted by atomic mass is 35.5. The highest BCUT2D eigenvalue weighted by molar-refractivity contribution is 5.85. The van der Waals surface area contributed by atoms with Gasteiger partial charge in [0.2, 0.25) is 5.91 Å². The quantitative estimate of drug-likeness (QED) is 0.839. The van der Waals surface area contributed by atoms with Crippen LogP contribution in [0.2, 0.25) is 0 Å². The van der Waals surface area contributed by atoms with Crippen LogP contribution in [0.3, 0.4) is 0 Å². The third kappa shape index (κ3) is 3.59. The monoisotopic (exact) mass is 260 g/mol. The Labute approximate surface area is 111 Å². The number of halogens is 1. The second-order valence-corrected chi connectivity index (χ2v) is 5.63. The summed E-state index contributed by atoms with van der Waals surface area (Å²) >= 11 is 0. The number of amides is 1. The van der Waals surface area contributed by atoms with Gasteiger partial charge in [0.1, 0.15) is 0 Å². The predicted molar refractivity (Wildman–Crippen MR) is 72.4 cm³/mol. The van der Waals surface area contributed by atoms with Crippen molar-refractivity contribution in [3.05, 3.63) is 0 Å². The van der Waals surface area contributed by atoms with Gasteiger partial charge in [0, 0.05) is 19.6 Å². The molecule has 1 saturated heterocycles. The van der Waals surface area contributed by atoms with Crippen molar-refractivity contribution in [2.45, 2.75) is 39.5 Å². The lowest BCUT2D eigenvalue weighted by Gasteiger charge is -2.37. The molecule has 0 spiro atoms. The zero-order valence-corrected chi connectivity index (χ0v) is 11.8. The number of nitrogens with zero attached hydrogens (tertiary/aromatic N) is 1. The van der Waals surface area contributed by atoms with Gasteiger partial charge < -0.3 is 10.2 Å². The zero-order valence-electron chi connectivity index (χ0n) is 11.0. The van der Waals surface area contributed by atoms with Crippen LogP contribution in [0.15, 0.2) is 0 Å². The molecule has 1 N–H and O–H groups in total. The number of carbonyl (C=O) groups is 1. The smallest absolute Gasteiger partial charge is 0.229 e. The summed E-state index contributed by atoms with van der Waals surface area (Å²) in [7, 11) is 0. The first-order chi connectivity index (χ1) is 7.65. The van der Waals surface area contributed by atoms with E-state index in [-0.39, 0.29) is 17.8 Å². The predicted octanol–water partition coefficient (Wildman–Crippen LogP) is 2.06. The van der Waals surface area contributed by atoms with Crippen molar-refractivity contribution >= 4 is 18.3 Å². The van der Waals surface area contributed by atoms with Crippen LogP contribution in [0.4, 0.5) is 0 Å². The molecule has 100 valence electrons. The van der Waals surface area contributed by atoms with Crippen LogP contribution in [0.5, 0.6) is 0 Å². The van der Waals surface area contributed by atoms with Gasteiger partial charge in [0.05, 0.1) is 5.41 Å². The molecule has 1 aliphatic carbocycles. The Balaban J connectivity index is 0.00000144. The van der Waals surface area contributed by atoms with Gasteiger partial charge in [-0.3, -0.25) is 4.79 Å². The highest BCUT2D eigenvalue weighted by Gasteiger charge is 2.38. The maximum atomic E-state index is 12.5. The van der Waals surface area contributed by atoms with E-state index >= 15 is 0 Å². The van der Waals surface area contributed by atoms with E-state index in [4.69, 9.17) is 0 Å². The maximum Gasteiger partial charge on any atom is 0.229 e. The van der Waals surface area contributed by atoms with Crippen molar-refractivity contribution in [1.29, 1.82) is 0 Å². The lowest BCUT2D eigenvalue weighted by Crippen LogP contribution is -2.50. The van der Waals surface area contributed by atoms with Crippen LogP contribution in [0, 0.1) is 11.3 Å². The molecule has 2 fully saturated rings. The van der Waals surface area contributed by atoms with Crippen LogP contribution >= 0.6 is 12.4 Å². The summed E-state index contributed by atoms with van der Waals surface area (Å²) in [6.07, 6.45) is 4.81. The van der Waals surface area contributed by atoms with Gasteiger partial charge in [-0.05, 0) is 52.0 Å². The molecule has 3 nitrogen and oxygen atoms in total. The van der Waals surface area contributed by atoms with E-state index in [1.165, 1.54) is 12.8 Å². The topological polar surface area (TPSA) is 32.3 Å². The van der Waals surface area contributed by atoms with E-state index in [9.17, 15) is 4.79 Å².